The van der Waals surface area contributed by atoms with Crippen LogP contribution in [0.15, 0.2) is 109 Å². The quantitative estimate of drug-likeness (QED) is 0.0420. The van der Waals surface area contributed by atoms with Gasteiger partial charge in [-0.2, -0.15) is 0 Å². The first kappa shape index (κ1) is 79.0. The lowest BCUT2D eigenvalue weighted by atomic mass is 10.0. The Kier molecular flexibility index (Phi) is 69.7. The van der Waals surface area contributed by atoms with Crippen molar-refractivity contribution in [1.82, 2.24) is 5.32 Å². The Morgan fingerprint density at radius 3 is 0.854 bits per heavy atom. The van der Waals surface area contributed by atoms with E-state index in [0.717, 1.165) is 77.0 Å². The van der Waals surface area contributed by atoms with Crippen LogP contribution in [0.25, 0.3) is 0 Å². The van der Waals surface area contributed by atoms with Crippen LogP contribution in [-0.4, -0.2) is 34.9 Å². The summed E-state index contributed by atoms with van der Waals surface area (Å²) in [5, 5.41) is 23.3. The molecule has 0 fully saturated rings. The van der Waals surface area contributed by atoms with Gasteiger partial charge in [-0.15, -0.1) is 0 Å². The van der Waals surface area contributed by atoms with Gasteiger partial charge in [0.05, 0.1) is 18.8 Å². The molecule has 0 aromatic heterocycles. The third-order valence-corrected chi connectivity index (χ3v) is 16.2. The topological polar surface area (TPSA) is 69.6 Å². The number of aliphatic hydroxyl groups excluding tert-OH is 2. The van der Waals surface area contributed by atoms with Crippen molar-refractivity contribution in [3.05, 3.63) is 109 Å². The second-order valence-corrected chi connectivity index (χ2v) is 24.3. The number of carbonyl (C=O) groups excluding carboxylic acids is 1. The lowest BCUT2D eigenvalue weighted by Gasteiger charge is -2.19. The molecular formula is C78H139NO3. The standard InChI is InChI=1S/C78H139NO3/c1-3-5-7-9-11-13-15-17-19-21-23-25-27-29-31-33-34-35-36-37-38-39-40-41-42-43-44-46-48-50-52-54-56-58-60-62-64-66-68-70-72-74-78(82)79-76(75-80)77(81)73-71-69-67-65-63-61-59-57-55-53-51-49-47-45-32-30-28-26-24-22-20-18-16-14-12-10-8-6-4-2/h5,7,11,13,17,19,23,25,29,31,34-35,55,57,63,65,71,73,76-77,80-81H,3-4,6,8-10,12,14-16,18,20-22,24,26-28,30,32-33,36-54,56,58-62,64,66-70,72,74-75H2,1-2H3,(H,79,82)/b7-5-,13-11-,19-17-,25-23-,31-29-,35-34-,57-55+,65-63+,73-71+. The van der Waals surface area contributed by atoms with Gasteiger partial charge in [0.1, 0.15) is 0 Å². The molecule has 0 heterocycles. The van der Waals surface area contributed by atoms with E-state index in [9.17, 15) is 15.0 Å². The zero-order chi connectivity index (χ0) is 59.1. The van der Waals surface area contributed by atoms with Crippen LogP contribution >= 0.6 is 0 Å². The van der Waals surface area contributed by atoms with E-state index in [1.165, 1.54) is 263 Å². The van der Waals surface area contributed by atoms with Gasteiger partial charge >= 0.3 is 0 Å². The average molecular weight is 1140 g/mol. The Morgan fingerprint density at radius 1 is 0.305 bits per heavy atom. The van der Waals surface area contributed by atoms with Crippen LogP contribution in [-0.2, 0) is 4.79 Å². The Hall–Kier alpha value is -2.95. The van der Waals surface area contributed by atoms with E-state index in [1.54, 1.807) is 6.08 Å². The van der Waals surface area contributed by atoms with Gasteiger partial charge in [0.2, 0.25) is 5.91 Å². The maximum absolute atomic E-state index is 12.5. The number of unbranched alkanes of at least 4 members (excludes halogenated alkanes) is 43. The molecule has 82 heavy (non-hydrogen) atoms. The van der Waals surface area contributed by atoms with Crippen molar-refractivity contribution in [3.63, 3.8) is 0 Å². The normalized spacial score (nSPS) is 13.4. The van der Waals surface area contributed by atoms with Gasteiger partial charge < -0.3 is 15.5 Å². The SMILES string of the molecule is CC/C=C\C/C=C\C/C=C\C/C=C\C/C=C\C/C=C\CCCCCCCCCCCCCCCCCCCCCCCCC(=O)NC(CO)C(O)/C=C/CC/C=C/CC/C=C/CCCCCCCCCCCCCCCCCCCCC. The molecule has 0 aromatic carbocycles. The number of allylic oxidation sites excluding steroid dienone is 17. The summed E-state index contributed by atoms with van der Waals surface area (Å²) >= 11 is 0. The molecule has 0 aliphatic carbocycles. The predicted molar refractivity (Wildman–Crippen MR) is 368 cm³/mol. The second kappa shape index (κ2) is 72.3. The van der Waals surface area contributed by atoms with Crippen molar-refractivity contribution in [2.24, 2.45) is 0 Å². The average Bonchev–Trinajstić information content (AvgIpc) is 3.50. The number of amides is 1. The van der Waals surface area contributed by atoms with Gasteiger partial charge in [0.25, 0.3) is 0 Å². The highest BCUT2D eigenvalue weighted by Gasteiger charge is 2.18. The van der Waals surface area contributed by atoms with Crippen LogP contribution in [0.2, 0.25) is 0 Å². The van der Waals surface area contributed by atoms with Gasteiger partial charge in [-0.05, 0) is 96.3 Å². The summed E-state index contributed by atoms with van der Waals surface area (Å²) in [7, 11) is 0. The molecule has 4 nitrogen and oxygen atoms in total. The molecule has 0 bridgehead atoms. The Morgan fingerprint density at radius 2 is 0.549 bits per heavy atom. The number of nitrogens with one attached hydrogen (secondary N) is 1. The van der Waals surface area contributed by atoms with Crippen molar-refractivity contribution in [2.45, 2.75) is 373 Å². The predicted octanol–water partition coefficient (Wildman–Crippen LogP) is 24.9. The maximum Gasteiger partial charge on any atom is 0.220 e. The summed E-state index contributed by atoms with van der Waals surface area (Å²) in [6.45, 7) is 4.21. The summed E-state index contributed by atoms with van der Waals surface area (Å²) in [6.07, 6.45) is 109. The minimum atomic E-state index is -0.876. The van der Waals surface area contributed by atoms with E-state index in [4.69, 9.17) is 0 Å². The first-order valence-electron chi connectivity index (χ1n) is 36.1. The number of carbonyl (C=O) groups is 1. The largest absolute Gasteiger partial charge is 0.394 e. The Balaban J connectivity index is 3.49. The monoisotopic (exact) mass is 1140 g/mol. The summed E-state index contributed by atoms with van der Waals surface area (Å²) < 4.78 is 0. The molecule has 3 N–H and O–H groups in total. The molecule has 0 radical (unpaired) electrons. The summed E-state index contributed by atoms with van der Waals surface area (Å²) in [6, 6.07) is -0.651. The third-order valence-electron chi connectivity index (χ3n) is 16.2. The lowest BCUT2D eigenvalue weighted by molar-refractivity contribution is -0.123. The molecule has 2 atom stereocenters. The van der Waals surface area contributed by atoms with Gasteiger partial charge in [-0.1, -0.05) is 367 Å². The molecule has 1 amide bonds. The summed E-state index contributed by atoms with van der Waals surface area (Å²) in [5.74, 6) is -0.0743. The van der Waals surface area contributed by atoms with Crippen molar-refractivity contribution in [2.75, 3.05) is 6.61 Å². The lowest BCUT2D eigenvalue weighted by Crippen LogP contribution is -2.45. The van der Waals surface area contributed by atoms with Crippen molar-refractivity contribution >= 4 is 5.91 Å². The van der Waals surface area contributed by atoms with Gasteiger partial charge in [0.15, 0.2) is 0 Å². The van der Waals surface area contributed by atoms with E-state index >= 15 is 0 Å². The first-order valence-corrected chi connectivity index (χ1v) is 36.1. The molecule has 2 unspecified atom stereocenters. The number of hydrogen-bond donors (Lipinski definition) is 3. The zero-order valence-corrected chi connectivity index (χ0v) is 54.7. The Labute approximate surface area is 512 Å². The van der Waals surface area contributed by atoms with Gasteiger partial charge in [-0.25, -0.2) is 0 Å². The third kappa shape index (κ3) is 67.8. The van der Waals surface area contributed by atoms with Crippen LogP contribution in [0.3, 0.4) is 0 Å². The molecular weight excluding hydrogens is 999 g/mol. The molecule has 0 spiro atoms. The second-order valence-electron chi connectivity index (χ2n) is 24.3. The molecule has 474 valence electrons. The van der Waals surface area contributed by atoms with Crippen molar-refractivity contribution in [3.8, 4) is 0 Å². The number of rotatable bonds is 66. The fourth-order valence-corrected chi connectivity index (χ4v) is 10.8. The molecule has 4 heteroatoms. The summed E-state index contributed by atoms with van der Waals surface area (Å²) in [5.41, 5.74) is 0. The minimum Gasteiger partial charge on any atom is -0.394 e. The van der Waals surface area contributed by atoms with E-state index in [0.29, 0.717) is 6.42 Å². The molecule has 0 aliphatic rings. The molecule has 0 rings (SSSR count). The fraction of sp³-hybridized carbons (Fsp3) is 0.756. The molecule has 0 aliphatic heterocycles. The van der Waals surface area contributed by atoms with Crippen molar-refractivity contribution < 1.29 is 15.0 Å². The Bertz CT molecular complexity index is 1530. The minimum absolute atomic E-state index is 0.0743. The van der Waals surface area contributed by atoms with Crippen LogP contribution < -0.4 is 5.32 Å². The zero-order valence-electron chi connectivity index (χ0n) is 54.7. The highest BCUT2D eigenvalue weighted by Crippen LogP contribution is 2.18. The number of aliphatic hydroxyl groups is 2. The van der Waals surface area contributed by atoms with E-state index in [1.807, 2.05) is 6.08 Å². The molecule has 0 saturated heterocycles. The van der Waals surface area contributed by atoms with E-state index < -0.39 is 12.1 Å². The van der Waals surface area contributed by atoms with E-state index in [2.05, 4.69) is 116 Å². The summed E-state index contributed by atoms with van der Waals surface area (Å²) in [4.78, 5) is 12.5. The first-order chi connectivity index (χ1) is 40.7. The van der Waals surface area contributed by atoms with Gasteiger partial charge in [0, 0.05) is 6.42 Å². The highest BCUT2D eigenvalue weighted by atomic mass is 16.3. The maximum atomic E-state index is 12.5. The van der Waals surface area contributed by atoms with Crippen LogP contribution in [0.5, 0.6) is 0 Å². The van der Waals surface area contributed by atoms with Crippen LogP contribution in [0.1, 0.15) is 361 Å². The molecule has 0 aromatic rings. The highest BCUT2D eigenvalue weighted by molar-refractivity contribution is 5.76. The smallest absolute Gasteiger partial charge is 0.220 e. The van der Waals surface area contributed by atoms with Gasteiger partial charge in [-0.3, -0.25) is 4.79 Å². The van der Waals surface area contributed by atoms with E-state index in [-0.39, 0.29) is 12.5 Å². The fourth-order valence-electron chi connectivity index (χ4n) is 10.8. The molecule has 0 saturated carbocycles. The van der Waals surface area contributed by atoms with Crippen molar-refractivity contribution in [1.29, 1.82) is 0 Å². The van der Waals surface area contributed by atoms with Crippen LogP contribution in [0, 0.1) is 0 Å². The van der Waals surface area contributed by atoms with Crippen LogP contribution in [0.4, 0.5) is 0 Å². The number of hydrogen-bond acceptors (Lipinski definition) is 3.